The molecule has 0 N–H and O–H groups in total. The summed E-state index contributed by atoms with van der Waals surface area (Å²) < 4.78 is 5.17. The van der Waals surface area contributed by atoms with Gasteiger partial charge in [-0.05, 0) is 25.0 Å². The SMILES string of the molecule is COc1cccc(N2C(=O)CCCC2CC#N)c1. The Morgan fingerprint density at radius 3 is 3.11 bits per heavy atom. The van der Waals surface area contributed by atoms with Gasteiger partial charge in [0.2, 0.25) is 5.91 Å². The molecule has 18 heavy (non-hydrogen) atoms. The molecular weight excluding hydrogens is 228 g/mol. The van der Waals surface area contributed by atoms with Gasteiger partial charge >= 0.3 is 0 Å². The van der Waals surface area contributed by atoms with Crippen LogP contribution < -0.4 is 9.64 Å². The Balaban J connectivity index is 2.31. The highest BCUT2D eigenvalue weighted by Crippen LogP contribution is 2.29. The molecule has 1 fully saturated rings. The first-order valence-corrected chi connectivity index (χ1v) is 6.09. The van der Waals surface area contributed by atoms with Gasteiger partial charge in [-0.3, -0.25) is 4.79 Å². The molecule has 0 bridgehead atoms. The second kappa shape index (κ2) is 5.54. The maximum Gasteiger partial charge on any atom is 0.227 e. The zero-order valence-corrected chi connectivity index (χ0v) is 10.4. The third-order valence-electron chi connectivity index (χ3n) is 3.22. The number of benzene rings is 1. The normalized spacial score (nSPS) is 19.4. The van der Waals surface area contributed by atoms with Crippen LogP contribution in [0.1, 0.15) is 25.7 Å². The van der Waals surface area contributed by atoms with Crippen LogP contribution in [-0.4, -0.2) is 19.1 Å². The lowest BCUT2D eigenvalue weighted by Crippen LogP contribution is -2.43. The van der Waals surface area contributed by atoms with E-state index >= 15 is 0 Å². The molecule has 0 saturated carbocycles. The zero-order valence-electron chi connectivity index (χ0n) is 10.4. The van der Waals surface area contributed by atoms with Crippen molar-refractivity contribution >= 4 is 11.6 Å². The fraction of sp³-hybridized carbons (Fsp3) is 0.429. The topological polar surface area (TPSA) is 53.3 Å². The van der Waals surface area contributed by atoms with Crippen LogP contribution in [0.15, 0.2) is 24.3 Å². The van der Waals surface area contributed by atoms with E-state index in [9.17, 15) is 4.79 Å². The fourth-order valence-corrected chi connectivity index (χ4v) is 2.36. The number of methoxy groups -OCH3 is 1. The minimum absolute atomic E-state index is 0.0108. The molecule has 1 unspecified atom stereocenters. The summed E-state index contributed by atoms with van der Waals surface area (Å²) in [4.78, 5) is 13.8. The van der Waals surface area contributed by atoms with Crippen LogP contribution in [0.5, 0.6) is 5.75 Å². The highest BCUT2D eigenvalue weighted by atomic mass is 16.5. The van der Waals surface area contributed by atoms with Gasteiger partial charge in [0.1, 0.15) is 5.75 Å². The summed E-state index contributed by atoms with van der Waals surface area (Å²) in [5, 5.41) is 8.86. The van der Waals surface area contributed by atoms with E-state index in [0.29, 0.717) is 12.8 Å². The first-order valence-electron chi connectivity index (χ1n) is 6.09. The Hall–Kier alpha value is -2.02. The molecular formula is C14H16N2O2. The largest absolute Gasteiger partial charge is 0.497 e. The Labute approximate surface area is 107 Å². The van der Waals surface area contributed by atoms with Gasteiger partial charge in [0.25, 0.3) is 0 Å². The van der Waals surface area contributed by atoms with Crippen molar-refractivity contribution < 1.29 is 9.53 Å². The van der Waals surface area contributed by atoms with Crippen molar-refractivity contribution in [3.8, 4) is 11.8 Å². The predicted octanol–water partition coefficient (Wildman–Crippen LogP) is 2.49. The molecule has 0 spiro atoms. The molecule has 1 heterocycles. The van der Waals surface area contributed by atoms with Crippen LogP contribution >= 0.6 is 0 Å². The van der Waals surface area contributed by atoms with Crippen LogP contribution in [0, 0.1) is 11.3 Å². The van der Waals surface area contributed by atoms with Crippen molar-refractivity contribution in [3.05, 3.63) is 24.3 Å². The maximum absolute atomic E-state index is 12.1. The Morgan fingerprint density at radius 1 is 1.56 bits per heavy atom. The average Bonchev–Trinajstić information content (AvgIpc) is 2.39. The van der Waals surface area contributed by atoms with Crippen LogP contribution in [0.25, 0.3) is 0 Å². The lowest BCUT2D eigenvalue weighted by molar-refractivity contribution is -0.120. The molecule has 0 aromatic heterocycles. The second-order valence-electron chi connectivity index (χ2n) is 4.37. The van der Waals surface area contributed by atoms with Crippen molar-refractivity contribution in [2.24, 2.45) is 0 Å². The summed E-state index contributed by atoms with van der Waals surface area (Å²) in [5.74, 6) is 0.816. The standard InChI is InChI=1S/C14H16N2O2/c1-18-13-6-2-5-12(10-13)16-11(8-9-15)4-3-7-14(16)17/h2,5-6,10-11H,3-4,7-8H2,1H3. The van der Waals surface area contributed by atoms with Gasteiger partial charge in [-0.1, -0.05) is 6.07 Å². The molecule has 0 aliphatic carbocycles. The molecule has 1 atom stereocenters. The molecule has 1 aromatic carbocycles. The van der Waals surface area contributed by atoms with Crippen molar-refractivity contribution in [1.82, 2.24) is 0 Å². The van der Waals surface area contributed by atoms with Crippen molar-refractivity contribution in [1.29, 1.82) is 5.26 Å². The average molecular weight is 244 g/mol. The van der Waals surface area contributed by atoms with E-state index in [4.69, 9.17) is 10.00 Å². The van der Waals surface area contributed by atoms with Gasteiger partial charge in [0, 0.05) is 24.2 Å². The van der Waals surface area contributed by atoms with E-state index < -0.39 is 0 Å². The number of hydrogen-bond acceptors (Lipinski definition) is 3. The van der Waals surface area contributed by atoms with Crippen molar-refractivity contribution in [3.63, 3.8) is 0 Å². The smallest absolute Gasteiger partial charge is 0.227 e. The summed E-state index contributed by atoms with van der Waals surface area (Å²) in [6.07, 6.45) is 2.68. The molecule has 2 rings (SSSR count). The maximum atomic E-state index is 12.1. The molecule has 1 amide bonds. The number of ether oxygens (including phenoxy) is 1. The molecule has 4 nitrogen and oxygen atoms in total. The minimum Gasteiger partial charge on any atom is -0.497 e. The van der Waals surface area contributed by atoms with E-state index in [1.54, 1.807) is 12.0 Å². The van der Waals surface area contributed by atoms with Crippen LogP contribution in [0.4, 0.5) is 5.69 Å². The molecule has 0 radical (unpaired) electrons. The number of hydrogen-bond donors (Lipinski definition) is 0. The highest BCUT2D eigenvalue weighted by molar-refractivity contribution is 5.94. The monoisotopic (exact) mass is 244 g/mol. The van der Waals surface area contributed by atoms with Gasteiger partial charge in [0.05, 0.1) is 19.6 Å². The van der Waals surface area contributed by atoms with E-state index in [0.717, 1.165) is 24.3 Å². The summed E-state index contributed by atoms with van der Waals surface area (Å²) in [7, 11) is 1.60. The summed E-state index contributed by atoms with van der Waals surface area (Å²) in [6.45, 7) is 0. The van der Waals surface area contributed by atoms with Gasteiger partial charge in [-0.15, -0.1) is 0 Å². The van der Waals surface area contributed by atoms with Gasteiger partial charge < -0.3 is 9.64 Å². The minimum atomic E-state index is -0.0108. The third-order valence-corrected chi connectivity index (χ3v) is 3.22. The second-order valence-corrected chi connectivity index (χ2v) is 4.37. The first kappa shape index (κ1) is 12.4. The Morgan fingerprint density at radius 2 is 2.39 bits per heavy atom. The zero-order chi connectivity index (χ0) is 13.0. The number of rotatable bonds is 3. The van der Waals surface area contributed by atoms with Crippen molar-refractivity contribution in [2.45, 2.75) is 31.7 Å². The number of anilines is 1. The number of nitriles is 1. The lowest BCUT2D eigenvalue weighted by atomic mass is 9.98. The van der Waals surface area contributed by atoms with Crippen molar-refractivity contribution in [2.75, 3.05) is 12.0 Å². The number of piperidine rings is 1. The molecule has 1 saturated heterocycles. The number of carbonyl (C=O) groups excluding carboxylic acids is 1. The molecule has 1 aliphatic rings. The van der Waals surface area contributed by atoms with E-state index in [2.05, 4.69) is 6.07 Å². The van der Waals surface area contributed by atoms with Crippen LogP contribution in [0.3, 0.4) is 0 Å². The van der Waals surface area contributed by atoms with Gasteiger partial charge in [-0.2, -0.15) is 5.26 Å². The molecule has 1 aromatic rings. The molecule has 1 aliphatic heterocycles. The van der Waals surface area contributed by atoms with E-state index in [-0.39, 0.29) is 11.9 Å². The van der Waals surface area contributed by atoms with E-state index in [1.165, 1.54) is 0 Å². The number of nitrogens with zero attached hydrogens (tertiary/aromatic N) is 2. The summed E-state index contributed by atoms with van der Waals surface area (Å²) >= 11 is 0. The molecule has 4 heteroatoms. The van der Waals surface area contributed by atoms with Gasteiger partial charge in [0.15, 0.2) is 0 Å². The first-order chi connectivity index (χ1) is 8.76. The number of amides is 1. The third kappa shape index (κ3) is 2.45. The number of carbonyl (C=O) groups is 1. The summed E-state index contributed by atoms with van der Waals surface area (Å²) in [6, 6.07) is 9.58. The van der Waals surface area contributed by atoms with Crippen LogP contribution in [-0.2, 0) is 4.79 Å². The van der Waals surface area contributed by atoms with Crippen LogP contribution in [0.2, 0.25) is 0 Å². The molecule has 94 valence electrons. The Bertz CT molecular complexity index is 479. The van der Waals surface area contributed by atoms with E-state index in [1.807, 2.05) is 24.3 Å². The lowest BCUT2D eigenvalue weighted by Gasteiger charge is -2.34. The summed E-state index contributed by atoms with van der Waals surface area (Å²) in [5.41, 5.74) is 0.819. The quantitative estimate of drug-likeness (QED) is 0.820. The predicted molar refractivity (Wildman–Crippen MR) is 68.3 cm³/mol. The highest BCUT2D eigenvalue weighted by Gasteiger charge is 2.29. The fourth-order valence-electron chi connectivity index (χ4n) is 2.36. The van der Waals surface area contributed by atoms with Gasteiger partial charge in [-0.25, -0.2) is 0 Å². The Kier molecular flexibility index (Phi) is 3.83.